The molecule has 5 nitrogen and oxygen atoms in total. The summed E-state index contributed by atoms with van der Waals surface area (Å²) in [5, 5.41) is 0. The van der Waals surface area contributed by atoms with Gasteiger partial charge in [0, 0.05) is 0 Å². The minimum Gasteiger partial charge on any atom is -0.616 e. The van der Waals surface area contributed by atoms with Crippen LogP contribution in [0.25, 0.3) is 0 Å². The first-order valence-electron chi connectivity index (χ1n) is 8.22. The molecular weight excluding hydrogens is 357 g/mol. The van der Waals surface area contributed by atoms with E-state index in [4.69, 9.17) is 4.74 Å². The number of hydrogen-bond donors (Lipinski definition) is 0. The highest BCUT2D eigenvalue weighted by atomic mass is 32.2. The Morgan fingerprint density at radius 1 is 1.08 bits per heavy atom. The second-order valence-electron chi connectivity index (χ2n) is 5.82. The summed E-state index contributed by atoms with van der Waals surface area (Å²) in [6, 6.07) is 10.7. The van der Waals surface area contributed by atoms with E-state index in [1.807, 2.05) is 0 Å². The Kier molecular flexibility index (Phi) is 5.58. The highest BCUT2D eigenvalue weighted by Crippen LogP contribution is 2.27. The first kappa shape index (κ1) is 18.4. The Balaban J connectivity index is 1.69. The van der Waals surface area contributed by atoms with Crippen molar-refractivity contribution in [3.05, 3.63) is 65.0 Å². The van der Waals surface area contributed by atoms with Crippen molar-refractivity contribution in [2.45, 2.75) is 13.5 Å². The van der Waals surface area contributed by atoms with Gasteiger partial charge in [-0.2, -0.15) is 0 Å². The van der Waals surface area contributed by atoms with Gasteiger partial charge in [-0.25, -0.2) is 4.39 Å². The zero-order chi connectivity index (χ0) is 18.7. The quantitative estimate of drug-likeness (QED) is 0.551. The molecule has 0 radical (unpaired) electrons. The van der Waals surface area contributed by atoms with E-state index >= 15 is 0 Å². The Bertz CT molecular complexity index is 825. The van der Waals surface area contributed by atoms with Gasteiger partial charge in [-0.1, -0.05) is 23.3 Å². The van der Waals surface area contributed by atoms with Crippen LogP contribution in [0.3, 0.4) is 0 Å². The van der Waals surface area contributed by atoms with Crippen LogP contribution in [-0.2, 0) is 17.8 Å². The zero-order valence-electron chi connectivity index (χ0n) is 14.2. The van der Waals surface area contributed by atoms with Gasteiger partial charge in [-0.05, 0) is 42.8 Å². The standard InChI is InChI=1S/C19H18FNO4S/c1-2-26(24)10-9-21-18(22)16-8-7-15(11-17(16)19(21)23)25-12-13-3-5-14(20)6-4-13/h3-8,11H,2,9-10,12H2,1H3. The molecule has 26 heavy (non-hydrogen) atoms. The molecule has 1 heterocycles. The monoisotopic (exact) mass is 375 g/mol. The average molecular weight is 375 g/mol. The van der Waals surface area contributed by atoms with E-state index in [-0.39, 0.29) is 36.2 Å². The van der Waals surface area contributed by atoms with E-state index in [2.05, 4.69) is 0 Å². The van der Waals surface area contributed by atoms with Crippen LogP contribution < -0.4 is 4.74 Å². The van der Waals surface area contributed by atoms with Crippen molar-refractivity contribution in [3.8, 4) is 5.75 Å². The van der Waals surface area contributed by atoms with Crippen molar-refractivity contribution in [1.82, 2.24) is 4.90 Å². The van der Waals surface area contributed by atoms with Gasteiger partial charge in [0.1, 0.15) is 29.7 Å². The minimum atomic E-state index is -1.05. The normalized spacial score (nSPS) is 14.5. The van der Waals surface area contributed by atoms with Crippen molar-refractivity contribution in [3.63, 3.8) is 0 Å². The maximum atomic E-state index is 12.9. The van der Waals surface area contributed by atoms with E-state index < -0.39 is 17.1 Å². The Hall–Kier alpha value is -2.38. The fourth-order valence-corrected chi connectivity index (χ4v) is 3.32. The van der Waals surface area contributed by atoms with E-state index in [9.17, 15) is 18.5 Å². The molecule has 0 fully saturated rings. The number of amides is 2. The molecule has 0 saturated heterocycles. The first-order chi connectivity index (χ1) is 12.5. The maximum Gasteiger partial charge on any atom is 0.261 e. The van der Waals surface area contributed by atoms with Gasteiger partial charge in [0.25, 0.3) is 11.8 Å². The van der Waals surface area contributed by atoms with Crippen LogP contribution in [0.1, 0.15) is 33.2 Å². The molecule has 1 unspecified atom stereocenters. The Morgan fingerprint density at radius 2 is 1.77 bits per heavy atom. The second kappa shape index (κ2) is 7.88. The molecule has 2 amide bonds. The molecule has 1 atom stereocenters. The molecule has 136 valence electrons. The number of carbonyl (C=O) groups is 2. The number of benzene rings is 2. The molecule has 0 aromatic heterocycles. The molecule has 0 spiro atoms. The number of rotatable bonds is 7. The summed E-state index contributed by atoms with van der Waals surface area (Å²) >= 11 is -1.05. The number of nitrogens with zero attached hydrogens (tertiary/aromatic N) is 1. The molecule has 1 aliphatic rings. The van der Waals surface area contributed by atoms with Gasteiger partial charge >= 0.3 is 0 Å². The topological polar surface area (TPSA) is 69.7 Å². The molecule has 0 aliphatic carbocycles. The van der Waals surface area contributed by atoms with Gasteiger partial charge in [0.05, 0.1) is 17.7 Å². The van der Waals surface area contributed by atoms with Gasteiger partial charge < -0.3 is 9.29 Å². The third-order valence-corrected chi connectivity index (χ3v) is 5.41. The number of imide groups is 1. The molecule has 7 heteroatoms. The van der Waals surface area contributed by atoms with E-state index in [0.717, 1.165) is 10.5 Å². The van der Waals surface area contributed by atoms with Gasteiger partial charge in [0.2, 0.25) is 0 Å². The lowest BCUT2D eigenvalue weighted by atomic mass is 10.1. The summed E-state index contributed by atoms with van der Waals surface area (Å²) in [4.78, 5) is 26.0. The smallest absolute Gasteiger partial charge is 0.261 e. The lowest BCUT2D eigenvalue weighted by Gasteiger charge is -2.15. The molecule has 2 aromatic carbocycles. The molecule has 0 N–H and O–H groups in total. The molecule has 2 aromatic rings. The van der Waals surface area contributed by atoms with E-state index in [1.165, 1.54) is 18.2 Å². The second-order valence-corrected chi connectivity index (χ2v) is 7.68. The van der Waals surface area contributed by atoms with Crippen LogP contribution >= 0.6 is 0 Å². The van der Waals surface area contributed by atoms with Crippen molar-refractivity contribution >= 4 is 23.0 Å². The SMILES string of the molecule is CC[S+]([O-])CCN1C(=O)c2ccc(OCc3ccc(F)cc3)cc2C1=O. The van der Waals surface area contributed by atoms with E-state index in [1.54, 1.807) is 31.2 Å². The van der Waals surface area contributed by atoms with Crippen LogP contribution in [0.2, 0.25) is 0 Å². The van der Waals surface area contributed by atoms with Crippen molar-refractivity contribution in [2.24, 2.45) is 0 Å². The Labute approximate surface area is 153 Å². The fourth-order valence-electron chi connectivity index (χ4n) is 2.65. The Morgan fingerprint density at radius 3 is 2.46 bits per heavy atom. The fraction of sp³-hybridized carbons (Fsp3) is 0.263. The molecule has 0 bridgehead atoms. The van der Waals surface area contributed by atoms with Gasteiger partial charge in [-0.15, -0.1) is 0 Å². The minimum absolute atomic E-state index is 0.137. The predicted molar refractivity (Wildman–Crippen MR) is 96.1 cm³/mol. The predicted octanol–water partition coefficient (Wildman–Crippen LogP) is 2.77. The highest BCUT2D eigenvalue weighted by Gasteiger charge is 2.36. The van der Waals surface area contributed by atoms with Crippen LogP contribution in [-0.4, -0.2) is 39.3 Å². The molecular formula is C19H18FNO4S. The maximum absolute atomic E-state index is 12.9. The number of fused-ring (bicyclic) bond motifs is 1. The average Bonchev–Trinajstić information content (AvgIpc) is 2.89. The number of ether oxygens (including phenoxy) is 1. The first-order valence-corrected chi connectivity index (χ1v) is 9.71. The zero-order valence-corrected chi connectivity index (χ0v) is 15.1. The van der Waals surface area contributed by atoms with Crippen LogP contribution in [0, 0.1) is 5.82 Å². The molecule has 0 saturated carbocycles. The summed E-state index contributed by atoms with van der Waals surface area (Å²) in [6.45, 7) is 2.15. The number of carbonyl (C=O) groups excluding carboxylic acids is 2. The van der Waals surface area contributed by atoms with Gasteiger partial charge in [0.15, 0.2) is 0 Å². The lowest BCUT2D eigenvalue weighted by Crippen LogP contribution is -2.34. The molecule has 1 aliphatic heterocycles. The summed E-state index contributed by atoms with van der Waals surface area (Å²) in [5.74, 6) is 0.127. The molecule has 3 rings (SSSR count). The van der Waals surface area contributed by atoms with Crippen LogP contribution in [0.15, 0.2) is 42.5 Å². The van der Waals surface area contributed by atoms with Crippen molar-refractivity contribution in [1.29, 1.82) is 0 Å². The number of hydrogen-bond acceptors (Lipinski definition) is 4. The summed E-state index contributed by atoms with van der Waals surface area (Å²) in [7, 11) is 0. The van der Waals surface area contributed by atoms with Crippen molar-refractivity contribution in [2.75, 3.05) is 18.1 Å². The van der Waals surface area contributed by atoms with E-state index in [0.29, 0.717) is 17.1 Å². The largest absolute Gasteiger partial charge is 0.616 e. The third-order valence-electron chi connectivity index (χ3n) is 4.13. The van der Waals surface area contributed by atoms with Crippen LogP contribution in [0.4, 0.5) is 4.39 Å². The summed E-state index contributed by atoms with van der Waals surface area (Å²) < 4.78 is 30.1. The summed E-state index contributed by atoms with van der Waals surface area (Å²) in [5.41, 5.74) is 1.40. The van der Waals surface area contributed by atoms with Crippen molar-refractivity contribution < 1.29 is 23.3 Å². The van der Waals surface area contributed by atoms with Gasteiger partial charge in [-0.3, -0.25) is 14.5 Å². The highest BCUT2D eigenvalue weighted by molar-refractivity contribution is 7.91. The third kappa shape index (κ3) is 3.89. The summed E-state index contributed by atoms with van der Waals surface area (Å²) in [6.07, 6.45) is 0. The van der Waals surface area contributed by atoms with Crippen LogP contribution in [0.5, 0.6) is 5.75 Å². The number of halogens is 1. The lowest BCUT2D eigenvalue weighted by molar-refractivity contribution is 0.0664.